The van der Waals surface area contributed by atoms with Crippen LogP contribution in [0.3, 0.4) is 0 Å². The maximum Gasteiger partial charge on any atom is 0.338 e. The van der Waals surface area contributed by atoms with Gasteiger partial charge in [0.15, 0.2) is 6.29 Å². The van der Waals surface area contributed by atoms with Gasteiger partial charge in [-0.25, -0.2) is 4.79 Å². The quantitative estimate of drug-likeness (QED) is 0.860. The zero-order valence-corrected chi connectivity index (χ0v) is 11.1. The molecule has 2 rings (SSSR count). The van der Waals surface area contributed by atoms with Crippen molar-refractivity contribution >= 4 is 12.3 Å². The molecule has 98 valence electrons. The smallest absolute Gasteiger partial charge is 0.338 e. The Bertz CT molecular complexity index is 668. The molecule has 1 aromatic carbocycles. The van der Waals surface area contributed by atoms with Gasteiger partial charge >= 0.3 is 5.97 Å². The number of carbonyl (C=O) groups is 2. The minimum Gasteiger partial charge on any atom is -0.478 e. The molecule has 0 radical (unpaired) electrons. The molecule has 0 saturated heterocycles. The fourth-order valence-electron chi connectivity index (χ4n) is 2.37. The second-order valence-corrected chi connectivity index (χ2v) is 4.49. The number of aldehydes is 1. The molecule has 1 aromatic heterocycles. The molecule has 0 atom stereocenters. The first kappa shape index (κ1) is 13.1. The number of hydrogen-bond acceptors (Lipinski definition) is 2. The first-order valence-electron chi connectivity index (χ1n) is 5.92. The molecule has 0 aliphatic heterocycles. The molecule has 1 heterocycles. The largest absolute Gasteiger partial charge is 0.478 e. The van der Waals surface area contributed by atoms with Crippen molar-refractivity contribution in [2.75, 3.05) is 0 Å². The maximum atomic E-state index is 11.5. The number of aromatic carboxylic acids is 1. The van der Waals surface area contributed by atoms with Gasteiger partial charge in [-0.3, -0.25) is 4.79 Å². The fourth-order valence-corrected chi connectivity index (χ4v) is 2.37. The summed E-state index contributed by atoms with van der Waals surface area (Å²) >= 11 is 0. The van der Waals surface area contributed by atoms with Crippen molar-refractivity contribution in [2.24, 2.45) is 7.05 Å². The van der Waals surface area contributed by atoms with Gasteiger partial charge in [0, 0.05) is 29.6 Å². The lowest BCUT2D eigenvalue weighted by molar-refractivity contribution is 0.0696. The van der Waals surface area contributed by atoms with Crippen LogP contribution in [0.1, 0.15) is 32.1 Å². The van der Waals surface area contributed by atoms with E-state index >= 15 is 0 Å². The van der Waals surface area contributed by atoms with Gasteiger partial charge in [-0.15, -0.1) is 0 Å². The summed E-state index contributed by atoms with van der Waals surface area (Å²) in [7, 11) is 1.82. The number of rotatable bonds is 3. The van der Waals surface area contributed by atoms with Crippen LogP contribution in [-0.4, -0.2) is 21.9 Å². The molecule has 0 fully saturated rings. The van der Waals surface area contributed by atoms with E-state index in [4.69, 9.17) is 0 Å². The van der Waals surface area contributed by atoms with E-state index in [1.165, 1.54) is 0 Å². The molecule has 0 aliphatic rings. The predicted octanol–water partition coefficient (Wildman–Crippen LogP) is 2.82. The molecule has 4 nitrogen and oxygen atoms in total. The zero-order chi connectivity index (χ0) is 14.2. The second kappa shape index (κ2) is 4.72. The van der Waals surface area contributed by atoms with E-state index in [1.807, 2.05) is 18.5 Å². The highest BCUT2D eigenvalue weighted by molar-refractivity contribution is 6.01. The van der Waals surface area contributed by atoms with Gasteiger partial charge < -0.3 is 9.67 Å². The third kappa shape index (κ3) is 1.95. The number of carboxylic acids is 1. The van der Waals surface area contributed by atoms with Crippen molar-refractivity contribution < 1.29 is 14.7 Å². The fraction of sp³-hybridized carbons (Fsp3) is 0.200. The molecular weight excluding hydrogens is 242 g/mol. The van der Waals surface area contributed by atoms with Crippen LogP contribution in [-0.2, 0) is 7.05 Å². The zero-order valence-electron chi connectivity index (χ0n) is 11.1. The molecule has 0 spiro atoms. The topological polar surface area (TPSA) is 59.3 Å². The average molecular weight is 257 g/mol. The van der Waals surface area contributed by atoms with Crippen molar-refractivity contribution in [3.63, 3.8) is 0 Å². The van der Waals surface area contributed by atoms with Crippen molar-refractivity contribution in [1.29, 1.82) is 0 Å². The molecule has 0 saturated carbocycles. The molecule has 0 unspecified atom stereocenters. The average Bonchev–Trinajstić information content (AvgIpc) is 2.63. The number of carboxylic acid groups (broad SMARTS) is 1. The van der Waals surface area contributed by atoms with Crippen LogP contribution in [0, 0.1) is 13.8 Å². The first-order chi connectivity index (χ1) is 8.99. The third-order valence-electron chi connectivity index (χ3n) is 3.55. The Hall–Kier alpha value is -2.36. The van der Waals surface area contributed by atoms with E-state index in [1.54, 1.807) is 31.2 Å². The summed E-state index contributed by atoms with van der Waals surface area (Å²) in [6.07, 6.45) is 0.753. The predicted molar refractivity (Wildman–Crippen MR) is 72.7 cm³/mol. The molecule has 0 aliphatic carbocycles. The lowest BCUT2D eigenvalue weighted by Gasteiger charge is -2.06. The normalized spacial score (nSPS) is 10.5. The summed E-state index contributed by atoms with van der Waals surface area (Å²) in [6, 6.07) is 7.03. The van der Waals surface area contributed by atoms with Crippen molar-refractivity contribution in [3.8, 4) is 11.1 Å². The van der Waals surface area contributed by atoms with Crippen LogP contribution in [0.4, 0.5) is 0 Å². The Balaban J connectivity index is 2.86. The van der Waals surface area contributed by atoms with E-state index < -0.39 is 5.97 Å². The van der Waals surface area contributed by atoms with Gasteiger partial charge in [0.2, 0.25) is 0 Å². The van der Waals surface area contributed by atoms with Gasteiger partial charge in [-0.2, -0.15) is 0 Å². The van der Waals surface area contributed by atoms with E-state index in [9.17, 15) is 14.7 Å². The number of hydrogen-bond donors (Lipinski definition) is 1. The maximum absolute atomic E-state index is 11.5. The Morgan fingerprint density at radius 3 is 2.42 bits per heavy atom. The number of carbonyl (C=O) groups excluding carboxylic acids is 1. The van der Waals surface area contributed by atoms with E-state index in [0.29, 0.717) is 22.4 Å². The summed E-state index contributed by atoms with van der Waals surface area (Å²) in [4.78, 5) is 22.6. The minimum absolute atomic E-state index is 0.259. The van der Waals surface area contributed by atoms with Crippen LogP contribution in [0.2, 0.25) is 0 Å². The molecule has 19 heavy (non-hydrogen) atoms. The molecule has 1 N–H and O–H groups in total. The Kier molecular flexibility index (Phi) is 3.25. The Morgan fingerprint density at radius 2 is 1.84 bits per heavy atom. The van der Waals surface area contributed by atoms with Gasteiger partial charge in [0.25, 0.3) is 0 Å². The molecular formula is C15H15NO3. The third-order valence-corrected chi connectivity index (χ3v) is 3.55. The van der Waals surface area contributed by atoms with E-state index in [0.717, 1.165) is 12.0 Å². The number of nitrogens with zero attached hydrogens (tertiary/aromatic N) is 1. The van der Waals surface area contributed by atoms with Crippen molar-refractivity contribution in [1.82, 2.24) is 4.57 Å². The monoisotopic (exact) mass is 257 g/mol. The lowest BCUT2D eigenvalue weighted by Crippen LogP contribution is -2.01. The first-order valence-corrected chi connectivity index (χ1v) is 5.92. The summed E-state index contributed by atoms with van der Waals surface area (Å²) in [5, 5.41) is 9.41. The van der Waals surface area contributed by atoms with Gasteiger partial charge in [-0.05, 0) is 19.4 Å². The van der Waals surface area contributed by atoms with Gasteiger partial charge in [-0.1, -0.05) is 24.3 Å². The van der Waals surface area contributed by atoms with E-state index in [2.05, 4.69) is 0 Å². The summed E-state index contributed by atoms with van der Waals surface area (Å²) in [6.45, 7) is 3.62. The van der Waals surface area contributed by atoms with Crippen molar-refractivity contribution in [3.05, 3.63) is 46.8 Å². The van der Waals surface area contributed by atoms with Crippen LogP contribution >= 0.6 is 0 Å². The molecule has 2 aromatic rings. The molecule has 4 heteroatoms. The number of aromatic nitrogens is 1. The molecule has 0 amide bonds. The standard InChI is InChI=1S/C15H15NO3/c1-9-13(12-7-5-4-6-11(12)8-17)14(15(18)19)10(2)16(9)3/h4-8H,1-3H3,(H,18,19). The van der Waals surface area contributed by atoms with Crippen LogP contribution in [0.5, 0.6) is 0 Å². The number of benzene rings is 1. The summed E-state index contributed by atoms with van der Waals surface area (Å²) in [5.41, 5.74) is 3.56. The van der Waals surface area contributed by atoms with Gasteiger partial charge in [0.05, 0.1) is 5.56 Å². The SMILES string of the molecule is Cc1c(C(=O)O)c(-c2ccccc2C=O)c(C)n1C. The highest BCUT2D eigenvalue weighted by atomic mass is 16.4. The van der Waals surface area contributed by atoms with Crippen LogP contribution in [0.25, 0.3) is 11.1 Å². The highest BCUT2D eigenvalue weighted by Crippen LogP contribution is 2.33. The van der Waals surface area contributed by atoms with Crippen molar-refractivity contribution in [2.45, 2.75) is 13.8 Å². The van der Waals surface area contributed by atoms with Crippen LogP contribution in [0.15, 0.2) is 24.3 Å². The lowest BCUT2D eigenvalue weighted by atomic mass is 9.96. The summed E-state index contributed by atoms with van der Waals surface area (Å²) < 4.78 is 1.83. The van der Waals surface area contributed by atoms with E-state index in [-0.39, 0.29) is 5.56 Å². The Labute approximate surface area is 111 Å². The van der Waals surface area contributed by atoms with Gasteiger partial charge in [0.1, 0.15) is 0 Å². The van der Waals surface area contributed by atoms with Crippen LogP contribution < -0.4 is 0 Å². The second-order valence-electron chi connectivity index (χ2n) is 4.49. The summed E-state index contributed by atoms with van der Waals surface area (Å²) in [5.74, 6) is -0.975. The minimum atomic E-state index is -0.975. The highest BCUT2D eigenvalue weighted by Gasteiger charge is 2.23. The Morgan fingerprint density at radius 1 is 1.21 bits per heavy atom. The molecule has 0 bridgehead atoms.